The van der Waals surface area contributed by atoms with Crippen LogP contribution in [0.25, 0.3) is 0 Å². The Morgan fingerprint density at radius 3 is 2.80 bits per heavy atom. The summed E-state index contributed by atoms with van der Waals surface area (Å²) in [5, 5.41) is 8.61. The molecule has 0 aliphatic rings. The van der Waals surface area contributed by atoms with Gasteiger partial charge < -0.3 is 9.84 Å². The van der Waals surface area contributed by atoms with Crippen molar-refractivity contribution < 1.29 is 9.84 Å². The number of hydrogen-bond acceptors (Lipinski definition) is 2. The summed E-state index contributed by atoms with van der Waals surface area (Å²) in [4.78, 5) is 0. The number of rotatable bonds is 7. The van der Waals surface area contributed by atoms with Gasteiger partial charge >= 0.3 is 0 Å². The van der Waals surface area contributed by atoms with Crippen LogP contribution >= 0.6 is 0 Å². The molecule has 0 heterocycles. The summed E-state index contributed by atoms with van der Waals surface area (Å²) in [6.45, 7) is 3.17. The van der Waals surface area contributed by atoms with Crippen LogP contribution in [0.5, 0.6) is 5.75 Å². The van der Waals surface area contributed by atoms with Crippen LogP contribution in [0, 0.1) is 0 Å². The van der Waals surface area contributed by atoms with Gasteiger partial charge in [-0.25, -0.2) is 0 Å². The quantitative estimate of drug-likeness (QED) is 0.698. The van der Waals surface area contributed by atoms with Gasteiger partial charge in [0.25, 0.3) is 0 Å². The van der Waals surface area contributed by atoms with Gasteiger partial charge in [-0.2, -0.15) is 0 Å². The first-order valence-corrected chi connectivity index (χ1v) is 5.69. The minimum atomic E-state index is 0.283. The number of benzene rings is 1. The highest BCUT2D eigenvalue weighted by Gasteiger charge is 1.95. The number of ether oxygens (including phenoxy) is 1. The average molecular weight is 208 g/mol. The Bertz CT molecular complexity index is 271. The fourth-order valence-electron chi connectivity index (χ4n) is 1.44. The SMILES string of the molecule is CCc1cccc(OCCCCCO)c1. The van der Waals surface area contributed by atoms with E-state index in [4.69, 9.17) is 9.84 Å². The topological polar surface area (TPSA) is 29.5 Å². The molecule has 0 aliphatic carbocycles. The molecule has 1 aromatic carbocycles. The molecule has 1 rings (SSSR count). The molecule has 15 heavy (non-hydrogen) atoms. The lowest BCUT2D eigenvalue weighted by atomic mass is 10.2. The van der Waals surface area contributed by atoms with Gasteiger partial charge in [-0.1, -0.05) is 19.1 Å². The van der Waals surface area contributed by atoms with Gasteiger partial charge in [0.1, 0.15) is 5.75 Å². The van der Waals surface area contributed by atoms with E-state index in [9.17, 15) is 0 Å². The van der Waals surface area contributed by atoms with Crippen LogP contribution in [-0.2, 0) is 6.42 Å². The van der Waals surface area contributed by atoms with E-state index in [-0.39, 0.29) is 6.61 Å². The van der Waals surface area contributed by atoms with Crippen LogP contribution in [0.1, 0.15) is 31.7 Å². The Morgan fingerprint density at radius 1 is 1.20 bits per heavy atom. The fraction of sp³-hybridized carbons (Fsp3) is 0.538. The molecular weight excluding hydrogens is 188 g/mol. The Kier molecular flexibility index (Phi) is 5.86. The smallest absolute Gasteiger partial charge is 0.119 e. The summed E-state index contributed by atoms with van der Waals surface area (Å²) in [6, 6.07) is 8.22. The van der Waals surface area contributed by atoms with Crippen LogP contribution < -0.4 is 4.74 Å². The molecule has 84 valence electrons. The molecule has 0 fully saturated rings. The maximum Gasteiger partial charge on any atom is 0.119 e. The fourth-order valence-corrected chi connectivity index (χ4v) is 1.44. The predicted molar refractivity (Wildman–Crippen MR) is 62.3 cm³/mol. The van der Waals surface area contributed by atoms with Crippen molar-refractivity contribution in [3.63, 3.8) is 0 Å². The molecule has 0 amide bonds. The Balaban J connectivity index is 2.24. The van der Waals surface area contributed by atoms with E-state index >= 15 is 0 Å². The summed E-state index contributed by atoms with van der Waals surface area (Å²) < 4.78 is 5.61. The number of hydrogen-bond donors (Lipinski definition) is 1. The summed E-state index contributed by atoms with van der Waals surface area (Å²) in [6.07, 6.45) is 3.96. The van der Waals surface area contributed by atoms with Gasteiger partial charge in [0, 0.05) is 6.61 Å². The van der Waals surface area contributed by atoms with Crippen LogP contribution in [0.2, 0.25) is 0 Å². The van der Waals surface area contributed by atoms with Gasteiger partial charge in [0.15, 0.2) is 0 Å². The van der Waals surface area contributed by atoms with Gasteiger partial charge in [0.2, 0.25) is 0 Å². The summed E-state index contributed by atoms with van der Waals surface area (Å²) in [5.74, 6) is 0.957. The molecule has 0 unspecified atom stereocenters. The molecule has 1 N–H and O–H groups in total. The molecule has 0 bridgehead atoms. The highest BCUT2D eigenvalue weighted by atomic mass is 16.5. The van der Waals surface area contributed by atoms with Gasteiger partial charge in [-0.05, 0) is 43.4 Å². The van der Waals surface area contributed by atoms with Crippen molar-refractivity contribution in [3.05, 3.63) is 29.8 Å². The molecule has 0 spiro atoms. The van der Waals surface area contributed by atoms with E-state index in [0.29, 0.717) is 0 Å². The van der Waals surface area contributed by atoms with Crippen molar-refractivity contribution in [2.45, 2.75) is 32.6 Å². The first-order chi connectivity index (χ1) is 7.36. The lowest BCUT2D eigenvalue weighted by Gasteiger charge is -2.06. The third-order valence-corrected chi connectivity index (χ3v) is 2.38. The molecule has 0 radical (unpaired) electrons. The van der Waals surface area contributed by atoms with Crippen molar-refractivity contribution in [2.24, 2.45) is 0 Å². The van der Waals surface area contributed by atoms with Crippen molar-refractivity contribution in [2.75, 3.05) is 13.2 Å². The minimum Gasteiger partial charge on any atom is -0.494 e. The van der Waals surface area contributed by atoms with E-state index in [1.54, 1.807) is 0 Å². The molecule has 1 aromatic rings. The predicted octanol–water partition coefficient (Wildman–Crippen LogP) is 2.79. The summed E-state index contributed by atoms with van der Waals surface area (Å²) in [5.41, 5.74) is 1.31. The normalized spacial score (nSPS) is 10.3. The second-order valence-electron chi connectivity index (χ2n) is 3.63. The van der Waals surface area contributed by atoms with E-state index in [1.165, 1.54) is 5.56 Å². The van der Waals surface area contributed by atoms with E-state index in [1.807, 2.05) is 12.1 Å². The van der Waals surface area contributed by atoms with Gasteiger partial charge in [-0.15, -0.1) is 0 Å². The molecule has 0 saturated heterocycles. The second-order valence-corrected chi connectivity index (χ2v) is 3.63. The van der Waals surface area contributed by atoms with Crippen molar-refractivity contribution in [1.29, 1.82) is 0 Å². The lowest BCUT2D eigenvalue weighted by Crippen LogP contribution is -1.98. The zero-order chi connectivity index (χ0) is 10.9. The monoisotopic (exact) mass is 208 g/mol. The largest absolute Gasteiger partial charge is 0.494 e. The molecular formula is C13H20O2. The Hall–Kier alpha value is -1.02. The first-order valence-electron chi connectivity index (χ1n) is 5.69. The zero-order valence-corrected chi connectivity index (χ0v) is 9.41. The Labute approximate surface area is 91.9 Å². The van der Waals surface area contributed by atoms with E-state index in [0.717, 1.165) is 38.0 Å². The Morgan fingerprint density at radius 2 is 2.07 bits per heavy atom. The molecule has 0 aliphatic heterocycles. The highest BCUT2D eigenvalue weighted by Crippen LogP contribution is 2.14. The number of aliphatic hydroxyl groups excluding tert-OH is 1. The van der Waals surface area contributed by atoms with Crippen LogP contribution in [0.3, 0.4) is 0 Å². The lowest BCUT2D eigenvalue weighted by molar-refractivity contribution is 0.266. The maximum absolute atomic E-state index is 8.61. The van der Waals surface area contributed by atoms with E-state index < -0.39 is 0 Å². The van der Waals surface area contributed by atoms with Crippen LogP contribution in [0.15, 0.2) is 24.3 Å². The maximum atomic E-state index is 8.61. The molecule has 0 saturated carbocycles. The van der Waals surface area contributed by atoms with Crippen LogP contribution in [-0.4, -0.2) is 18.3 Å². The third-order valence-electron chi connectivity index (χ3n) is 2.38. The summed E-state index contributed by atoms with van der Waals surface area (Å²) >= 11 is 0. The van der Waals surface area contributed by atoms with Gasteiger partial charge in [0.05, 0.1) is 6.61 Å². The number of aryl methyl sites for hydroxylation is 1. The number of unbranched alkanes of at least 4 members (excludes halogenated alkanes) is 2. The van der Waals surface area contributed by atoms with Crippen molar-refractivity contribution >= 4 is 0 Å². The van der Waals surface area contributed by atoms with E-state index in [2.05, 4.69) is 19.1 Å². The second kappa shape index (κ2) is 7.30. The summed E-state index contributed by atoms with van der Waals surface area (Å²) in [7, 11) is 0. The zero-order valence-electron chi connectivity index (χ0n) is 9.41. The first kappa shape index (κ1) is 12.1. The highest BCUT2D eigenvalue weighted by molar-refractivity contribution is 5.28. The molecule has 2 heteroatoms. The molecule has 0 atom stereocenters. The molecule has 0 aromatic heterocycles. The standard InChI is InChI=1S/C13H20O2/c1-2-12-7-6-8-13(11-12)15-10-5-3-4-9-14/h6-8,11,14H,2-5,9-10H2,1H3. The molecule has 2 nitrogen and oxygen atoms in total. The average Bonchev–Trinajstić information content (AvgIpc) is 2.29. The number of aliphatic hydroxyl groups is 1. The van der Waals surface area contributed by atoms with Crippen LogP contribution in [0.4, 0.5) is 0 Å². The minimum absolute atomic E-state index is 0.283. The van der Waals surface area contributed by atoms with Gasteiger partial charge in [-0.3, -0.25) is 0 Å². The van der Waals surface area contributed by atoms with Crippen molar-refractivity contribution in [3.8, 4) is 5.75 Å². The van der Waals surface area contributed by atoms with Crippen molar-refractivity contribution in [1.82, 2.24) is 0 Å². The third kappa shape index (κ3) is 4.84.